The Balaban J connectivity index is 2.58. The van der Waals surface area contributed by atoms with Crippen molar-refractivity contribution in [1.29, 1.82) is 0 Å². The van der Waals surface area contributed by atoms with E-state index in [2.05, 4.69) is 15.3 Å². The van der Waals surface area contributed by atoms with Gasteiger partial charge in [-0.3, -0.25) is 0 Å². The predicted molar refractivity (Wildman–Crippen MR) is 51.1 cm³/mol. The van der Waals surface area contributed by atoms with Crippen LogP contribution < -0.4 is 10.1 Å². The standard InChI is InChI=1S/C8H12ClN3O/c1-6(3-10-2)13-8-7(9)4-11-5-12-8/h4-6,10H,3H2,1-2H3. The number of halogens is 1. The first-order valence-corrected chi connectivity index (χ1v) is 4.38. The van der Waals surface area contributed by atoms with Crippen LogP contribution in [-0.4, -0.2) is 29.7 Å². The van der Waals surface area contributed by atoms with E-state index in [1.54, 1.807) is 0 Å². The molecule has 1 atom stereocenters. The van der Waals surface area contributed by atoms with E-state index in [0.29, 0.717) is 10.9 Å². The molecule has 0 bridgehead atoms. The number of likely N-dealkylation sites (N-methyl/N-ethyl adjacent to an activating group) is 1. The molecule has 0 aliphatic carbocycles. The third-order valence-corrected chi connectivity index (χ3v) is 1.70. The van der Waals surface area contributed by atoms with E-state index in [9.17, 15) is 0 Å². The predicted octanol–water partition coefficient (Wildman–Crippen LogP) is 1.12. The molecule has 72 valence electrons. The van der Waals surface area contributed by atoms with Crippen LogP contribution in [0, 0.1) is 0 Å². The third-order valence-electron chi connectivity index (χ3n) is 1.44. The highest BCUT2D eigenvalue weighted by molar-refractivity contribution is 6.31. The highest BCUT2D eigenvalue weighted by Gasteiger charge is 2.06. The average Bonchev–Trinajstić information content (AvgIpc) is 2.09. The van der Waals surface area contributed by atoms with Crippen LogP contribution in [0.4, 0.5) is 0 Å². The van der Waals surface area contributed by atoms with Crippen molar-refractivity contribution >= 4 is 11.6 Å². The van der Waals surface area contributed by atoms with Crippen LogP contribution in [0.3, 0.4) is 0 Å². The highest BCUT2D eigenvalue weighted by Crippen LogP contribution is 2.19. The van der Waals surface area contributed by atoms with Gasteiger partial charge in [-0.1, -0.05) is 11.6 Å². The summed E-state index contributed by atoms with van der Waals surface area (Å²) < 4.78 is 5.44. The number of rotatable bonds is 4. The topological polar surface area (TPSA) is 47.0 Å². The summed E-state index contributed by atoms with van der Waals surface area (Å²) in [5, 5.41) is 3.43. The van der Waals surface area contributed by atoms with Crippen molar-refractivity contribution < 1.29 is 4.74 Å². The van der Waals surface area contributed by atoms with Gasteiger partial charge in [0.25, 0.3) is 0 Å². The molecule has 0 amide bonds. The van der Waals surface area contributed by atoms with Crippen LogP contribution in [0.2, 0.25) is 5.02 Å². The highest BCUT2D eigenvalue weighted by atomic mass is 35.5. The minimum absolute atomic E-state index is 0.0393. The second-order valence-corrected chi connectivity index (χ2v) is 3.07. The summed E-state index contributed by atoms with van der Waals surface area (Å²) in [6, 6.07) is 0. The largest absolute Gasteiger partial charge is 0.472 e. The van der Waals surface area contributed by atoms with Gasteiger partial charge in [0.1, 0.15) is 17.5 Å². The monoisotopic (exact) mass is 201 g/mol. The number of nitrogens with zero attached hydrogens (tertiary/aromatic N) is 2. The summed E-state index contributed by atoms with van der Waals surface area (Å²) in [6.07, 6.45) is 2.96. The molecular weight excluding hydrogens is 190 g/mol. The molecule has 5 heteroatoms. The minimum Gasteiger partial charge on any atom is -0.472 e. The van der Waals surface area contributed by atoms with E-state index in [1.807, 2.05) is 14.0 Å². The molecule has 0 spiro atoms. The molecule has 1 aromatic heterocycles. The Morgan fingerprint density at radius 3 is 3.08 bits per heavy atom. The van der Waals surface area contributed by atoms with Crippen LogP contribution in [-0.2, 0) is 0 Å². The van der Waals surface area contributed by atoms with Gasteiger partial charge in [0.2, 0.25) is 5.88 Å². The van der Waals surface area contributed by atoms with Crippen LogP contribution in [0.1, 0.15) is 6.92 Å². The minimum atomic E-state index is 0.0393. The molecule has 0 fully saturated rings. The number of nitrogens with one attached hydrogen (secondary N) is 1. The van der Waals surface area contributed by atoms with Crippen molar-refractivity contribution in [1.82, 2.24) is 15.3 Å². The smallest absolute Gasteiger partial charge is 0.235 e. The molecule has 13 heavy (non-hydrogen) atoms. The van der Waals surface area contributed by atoms with Crippen molar-refractivity contribution in [2.45, 2.75) is 13.0 Å². The quantitative estimate of drug-likeness (QED) is 0.793. The van der Waals surface area contributed by atoms with Crippen LogP contribution in [0.5, 0.6) is 5.88 Å². The fraction of sp³-hybridized carbons (Fsp3) is 0.500. The van der Waals surface area contributed by atoms with Gasteiger partial charge in [0.05, 0.1) is 6.20 Å². The molecule has 0 saturated carbocycles. The molecule has 4 nitrogen and oxygen atoms in total. The molecule has 1 N–H and O–H groups in total. The lowest BCUT2D eigenvalue weighted by Crippen LogP contribution is -2.26. The lowest BCUT2D eigenvalue weighted by molar-refractivity contribution is 0.211. The fourth-order valence-corrected chi connectivity index (χ4v) is 1.06. The Bertz CT molecular complexity index is 269. The van der Waals surface area contributed by atoms with Gasteiger partial charge >= 0.3 is 0 Å². The maximum Gasteiger partial charge on any atom is 0.235 e. The molecule has 0 aliphatic heterocycles. The Morgan fingerprint density at radius 1 is 1.69 bits per heavy atom. The van der Waals surface area contributed by atoms with Gasteiger partial charge in [-0.15, -0.1) is 0 Å². The van der Waals surface area contributed by atoms with Gasteiger partial charge in [0.15, 0.2) is 0 Å². The molecule has 0 radical (unpaired) electrons. The summed E-state index contributed by atoms with van der Waals surface area (Å²) in [4.78, 5) is 7.67. The summed E-state index contributed by atoms with van der Waals surface area (Å²) in [5.41, 5.74) is 0. The number of aromatic nitrogens is 2. The van der Waals surface area contributed by atoms with E-state index in [0.717, 1.165) is 6.54 Å². The second kappa shape index (κ2) is 4.99. The molecule has 1 rings (SSSR count). The lowest BCUT2D eigenvalue weighted by Gasteiger charge is -2.13. The molecule has 1 aromatic rings. The molecule has 0 aromatic carbocycles. The van der Waals surface area contributed by atoms with Crippen LogP contribution in [0.15, 0.2) is 12.5 Å². The summed E-state index contributed by atoms with van der Waals surface area (Å²) >= 11 is 5.80. The van der Waals surface area contributed by atoms with Gasteiger partial charge in [-0.25, -0.2) is 9.97 Å². The van der Waals surface area contributed by atoms with Crippen molar-refractivity contribution in [3.05, 3.63) is 17.5 Å². The SMILES string of the molecule is CNCC(C)Oc1ncncc1Cl. The maximum absolute atomic E-state index is 5.80. The Labute approximate surface area is 82.3 Å². The third kappa shape index (κ3) is 3.16. The van der Waals surface area contributed by atoms with Gasteiger partial charge in [0, 0.05) is 6.54 Å². The second-order valence-electron chi connectivity index (χ2n) is 2.66. The zero-order chi connectivity index (χ0) is 9.68. The normalized spacial score (nSPS) is 12.5. The molecule has 0 saturated heterocycles. The van der Waals surface area contributed by atoms with Crippen molar-refractivity contribution in [2.75, 3.05) is 13.6 Å². The molecule has 1 heterocycles. The van der Waals surface area contributed by atoms with Gasteiger partial charge < -0.3 is 10.1 Å². The van der Waals surface area contributed by atoms with E-state index in [1.165, 1.54) is 12.5 Å². The van der Waals surface area contributed by atoms with Gasteiger partial charge in [-0.05, 0) is 14.0 Å². The molecular formula is C8H12ClN3O. The zero-order valence-corrected chi connectivity index (χ0v) is 8.38. The van der Waals surface area contributed by atoms with Crippen molar-refractivity contribution in [3.8, 4) is 5.88 Å². The molecule has 1 unspecified atom stereocenters. The van der Waals surface area contributed by atoms with Crippen LogP contribution in [0.25, 0.3) is 0 Å². The Kier molecular flexibility index (Phi) is 3.92. The Morgan fingerprint density at radius 2 is 2.46 bits per heavy atom. The fourth-order valence-electron chi connectivity index (χ4n) is 0.908. The van der Waals surface area contributed by atoms with E-state index < -0.39 is 0 Å². The Hall–Kier alpha value is -0.870. The number of ether oxygens (including phenoxy) is 1. The van der Waals surface area contributed by atoms with Crippen molar-refractivity contribution in [3.63, 3.8) is 0 Å². The van der Waals surface area contributed by atoms with E-state index in [4.69, 9.17) is 16.3 Å². The zero-order valence-electron chi connectivity index (χ0n) is 7.62. The first-order valence-electron chi connectivity index (χ1n) is 4.00. The van der Waals surface area contributed by atoms with Crippen molar-refractivity contribution in [2.24, 2.45) is 0 Å². The summed E-state index contributed by atoms with van der Waals surface area (Å²) in [5.74, 6) is 0.430. The average molecular weight is 202 g/mol. The first kappa shape index (κ1) is 10.2. The van der Waals surface area contributed by atoms with Crippen LogP contribution >= 0.6 is 11.6 Å². The van der Waals surface area contributed by atoms with E-state index in [-0.39, 0.29) is 6.10 Å². The van der Waals surface area contributed by atoms with Gasteiger partial charge in [-0.2, -0.15) is 0 Å². The summed E-state index contributed by atoms with van der Waals surface area (Å²) in [6.45, 7) is 2.69. The maximum atomic E-state index is 5.80. The lowest BCUT2D eigenvalue weighted by atomic mass is 10.4. The number of hydrogen-bond donors (Lipinski definition) is 1. The van der Waals surface area contributed by atoms with E-state index >= 15 is 0 Å². The first-order chi connectivity index (χ1) is 6.24. The molecule has 0 aliphatic rings. The summed E-state index contributed by atoms with van der Waals surface area (Å²) in [7, 11) is 1.86. The number of hydrogen-bond acceptors (Lipinski definition) is 4.